The molecule has 0 aliphatic carbocycles. The summed E-state index contributed by atoms with van der Waals surface area (Å²) in [6, 6.07) is 15.3. The first-order valence-corrected chi connectivity index (χ1v) is 11.3. The van der Waals surface area contributed by atoms with E-state index in [0.717, 1.165) is 52.0 Å². The van der Waals surface area contributed by atoms with Crippen molar-refractivity contribution in [2.45, 2.75) is 45.2 Å². The Morgan fingerprint density at radius 3 is 2.61 bits per heavy atom. The quantitative estimate of drug-likeness (QED) is 0.454. The van der Waals surface area contributed by atoms with Crippen molar-refractivity contribution in [1.29, 1.82) is 0 Å². The predicted molar refractivity (Wildman–Crippen MR) is 129 cm³/mol. The molecule has 1 aliphatic heterocycles. The number of nitrogens with one attached hydrogen (secondary N) is 2. The standard InChI is InChI=1S/C27H30FN3O2/c1-16-10-21(32)11-17(2)22(16)15-24(29)27(33)31-26-8-9-30-25-7-6-19(14-23(25)26)12-18-4-3-5-20(28)13-18/h3-7,10-11,13-14,24,26,30,32H,8-9,12,15,29H2,1-2H3,(H,31,33). The van der Waals surface area contributed by atoms with Crippen LogP contribution in [-0.2, 0) is 17.6 Å². The van der Waals surface area contributed by atoms with E-state index in [9.17, 15) is 14.3 Å². The molecule has 5 N–H and O–H groups in total. The highest BCUT2D eigenvalue weighted by atomic mass is 19.1. The van der Waals surface area contributed by atoms with E-state index >= 15 is 0 Å². The third kappa shape index (κ3) is 5.34. The van der Waals surface area contributed by atoms with Gasteiger partial charge in [0.1, 0.15) is 11.6 Å². The van der Waals surface area contributed by atoms with Crippen molar-refractivity contribution in [2.24, 2.45) is 5.73 Å². The van der Waals surface area contributed by atoms with E-state index in [0.29, 0.717) is 12.8 Å². The van der Waals surface area contributed by atoms with Gasteiger partial charge >= 0.3 is 0 Å². The maximum Gasteiger partial charge on any atom is 0.237 e. The average molecular weight is 448 g/mol. The Labute approximate surface area is 193 Å². The summed E-state index contributed by atoms with van der Waals surface area (Å²) in [5.74, 6) is -0.229. The van der Waals surface area contributed by atoms with Crippen molar-refractivity contribution in [2.75, 3.05) is 11.9 Å². The molecule has 3 aromatic rings. The number of phenols is 1. The lowest BCUT2D eigenvalue weighted by atomic mass is 9.92. The number of aryl methyl sites for hydroxylation is 2. The van der Waals surface area contributed by atoms with Crippen molar-refractivity contribution >= 4 is 11.6 Å². The van der Waals surface area contributed by atoms with Crippen molar-refractivity contribution in [3.05, 3.63) is 93.8 Å². The van der Waals surface area contributed by atoms with Crippen LogP contribution in [-0.4, -0.2) is 23.6 Å². The number of nitrogens with two attached hydrogens (primary N) is 1. The summed E-state index contributed by atoms with van der Waals surface area (Å²) in [4.78, 5) is 13.0. The minimum absolute atomic E-state index is 0.144. The third-order valence-corrected chi connectivity index (χ3v) is 6.30. The van der Waals surface area contributed by atoms with Gasteiger partial charge in [-0.3, -0.25) is 4.79 Å². The van der Waals surface area contributed by atoms with Gasteiger partial charge in [0.05, 0.1) is 12.1 Å². The van der Waals surface area contributed by atoms with Gasteiger partial charge in [-0.05, 0) is 96.8 Å². The third-order valence-electron chi connectivity index (χ3n) is 6.30. The molecular formula is C27H30FN3O2. The Kier molecular flexibility index (Phi) is 6.65. The number of hydrogen-bond acceptors (Lipinski definition) is 4. The predicted octanol–water partition coefficient (Wildman–Crippen LogP) is 4.28. The fourth-order valence-electron chi connectivity index (χ4n) is 4.59. The number of aromatic hydroxyl groups is 1. The molecule has 1 heterocycles. The van der Waals surface area contributed by atoms with E-state index in [2.05, 4.69) is 16.7 Å². The fraction of sp³-hybridized carbons (Fsp3) is 0.296. The van der Waals surface area contributed by atoms with Crippen molar-refractivity contribution < 1.29 is 14.3 Å². The number of anilines is 1. The molecule has 0 bridgehead atoms. The van der Waals surface area contributed by atoms with Gasteiger partial charge < -0.3 is 21.5 Å². The van der Waals surface area contributed by atoms with Crippen molar-refractivity contribution in [3.63, 3.8) is 0 Å². The topological polar surface area (TPSA) is 87.4 Å². The molecular weight excluding hydrogens is 417 g/mol. The summed E-state index contributed by atoms with van der Waals surface area (Å²) in [7, 11) is 0. The SMILES string of the molecule is Cc1cc(O)cc(C)c1CC(N)C(=O)NC1CCNc2ccc(Cc3cccc(F)c3)cc21. The molecule has 33 heavy (non-hydrogen) atoms. The van der Waals surface area contributed by atoms with Crippen LogP contribution < -0.4 is 16.4 Å². The first kappa shape index (κ1) is 22.8. The molecule has 4 rings (SSSR count). The van der Waals surface area contributed by atoms with Gasteiger partial charge in [0.25, 0.3) is 0 Å². The lowest BCUT2D eigenvalue weighted by Crippen LogP contribution is -2.44. The van der Waals surface area contributed by atoms with E-state index in [4.69, 9.17) is 5.73 Å². The number of phenolic OH excluding ortho intramolecular Hbond substituents is 1. The molecule has 0 saturated heterocycles. The Balaban J connectivity index is 1.48. The molecule has 0 fully saturated rings. The van der Waals surface area contributed by atoms with Gasteiger partial charge in [0, 0.05) is 12.2 Å². The summed E-state index contributed by atoms with van der Waals surface area (Å²) >= 11 is 0. The molecule has 2 atom stereocenters. The van der Waals surface area contributed by atoms with Crippen LogP contribution in [0.3, 0.4) is 0 Å². The molecule has 1 aliphatic rings. The molecule has 172 valence electrons. The monoisotopic (exact) mass is 447 g/mol. The number of benzene rings is 3. The molecule has 5 nitrogen and oxygen atoms in total. The zero-order chi connectivity index (χ0) is 23.5. The summed E-state index contributed by atoms with van der Waals surface area (Å²) < 4.78 is 13.6. The Hall–Kier alpha value is -3.38. The van der Waals surface area contributed by atoms with Crippen molar-refractivity contribution in [1.82, 2.24) is 5.32 Å². The maximum atomic E-state index is 13.6. The second-order valence-electron chi connectivity index (χ2n) is 8.87. The molecule has 0 saturated carbocycles. The number of carbonyl (C=O) groups excluding carboxylic acids is 1. The highest BCUT2D eigenvalue weighted by Gasteiger charge is 2.25. The van der Waals surface area contributed by atoms with Gasteiger partial charge in [-0.25, -0.2) is 4.39 Å². The number of hydrogen-bond donors (Lipinski definition) is 4. The zero-order valence-electron chi connectivity index (χ0n) is 19.0. The first-order chi connectivity index (χ1) is 15.8. The van der Waals surface area contributed by atoms with Crippen LogP contribution in [0.15, 0.2) is 54.6 Å². The Morgan fingerprint density at radius 1 is 1.15 bits per heavy atom. The fourth-order valence-corrected chi connectivity index (χ4v) is 4.59. The van der Waals surface area contributed by atoms with Crippen LogP contribution in [0, 0.1) is 19.7 Å². The molecule has 0 radical (unpaired) electrons. The van der Waals surface area contributed by atoms with Crippen LogP contribution >= 0.6 is 0 Å². The van der Waals surface area contributed by atoms with Crippen LogP contribution in [0.1, 0.15) is 45.8 Å². The summed E-state index contributed by atoms with van der Waals surface area (Å²) in [5, 5.41) is 16.3. The number of halogens is 1. The van der Waals surface area contributed by atoms with Gasteiger partial charge in [0.2, 0.25) is 5.91 Å². The first-order valence-electron chi connectivity index (χ1n) is 11.3. The molecule has 3 aromatic carbocycles. The van der Waals surface area contributed by atoms with Gasteiger partial charge in [-0.15, -0.1) is 0 Å². The number of rotatable bonds is 6. The molecule has 0 aromatic heterocycles. The van der Waals surface area contributed by atoms with E-state index in [1.165, 1.54) is 6.07 Å². The summed E-state index contributed by atoms with van der Waals surface area (Å²) in [5.41, 5.74) is 13.1. The number of fused-ring (bicyclic) bond motifs is 1. The van der Waals surface area contributed by atoms with E-state index in [1.54, 1.807) is 24.3 Å². The van der Waals surface area contributed by atoms with Crippen LogP contribution in [0.5, 0.6) is 5.75 Å². The molecule has 0 spiro atoms. The minimum atomic E-state index is -0.694. The van der Waals surface area contributed by atoms with Crippen LogP contribution in [0.2, 0.25) is 0 Å². The van der Waals surface area contributed by atoms with Crippen LogP contribution in [0.25, 0.3) is 0 Å². The number of carbonyl (C=O) groups is 1. The van der Waals surface area contributed by atoms with Crippen molar-refractivity contribution in [3.8, 4) is 5.75 Å². The lowest BCUT2D eigenvalue weighted by Gasteiger charge is -2.29. The minimum Gasteiger partial charge on any atom is -0.508 e. The largest absolute Gasteiger partial charge is 0.508 e. The second-order valence-corrected chi connectivity index (χ2v) is 8.87. The number of amides is 1. The lowest BCUT2D eigenvalue weighted by molar-refractivity contribution is -0.123. The highest BCUT2D eigenvalue weighted by molar-refractivity contribution is 5.82. The van der Waals surface area contributed by atoms with E-state index in [-0.39, 0.29) is 23.5 Å². The smallest absolute Gasteiger partial charge is 0.237 e. The molecule has 1 amide bonds. The van der Waals surface area contributed by atoms with Crippen LogP contribution in [0.4, 0.5) is 10.1 Å². The van der Waals surface area contributed by atoms with E-state index < -0.39 is 6.04 Å². The summed E-state index contributed by atoms with van der Waals surface area (Å²) in [6.45, 7) is 4.58. The van der Waals surface area contributed by atoms with E-state index in [1.807, 2.05) is 32.0 Å². The normalized spacial score (nSPS) is 15.9. The van der Waals surface area contributed by atoms with Gasteiger partial charge in [-0.1, -0.05) is 24.3 Å². The zero-order valence-corrected chi connectivity index (χ0v) is 19.0. The summed E-state index contributed by atoms with van der Waals surface area (Å²) in [6.07, 6.45) is 1.78. The second kappa shape index (κ2) is 9.63. The Bertz CT molecular complexity index is 1150. The molecule has 6 heteroatoms. The van der Waals surface area contributed by atoms with Gasteiger partial charge in [-0.2, -0.15) is 0 Å². The maximum absolute atomic E-state index is 13.6. The highest BCUT2D eigenvalue weighted by Crippen LogP contribution is 2.31. The average Bonchev–Trinajstić information content (AvgIpc) is 2.76. The molecule has 2 unspecified atom stereocenters. The Morgan fingerprint density at radius 2 is 1.88 bits per heavy atom. The van der Waals surface area contributed by atoms with Gasteiger partial charge in [0.15, 0.2) is 0 Å².